The van der Waals surface area contributed by atoms with E-state index in [0.29, 0.717) is 5.65 Å². The van der Waals surface area contributed by atoms with Crippen molar-refractivity contribution in [3.8, 4) is 0 Å². The van der Waals surface area contributed by atoms with Crippen LogP contribution < -0.4 is 5.56 Å². The van der Waals surface area contributed by atoms with Gasteiger partial charge in [-0.05, 0) is 0 Å². The first-order valence-electron chi connectivity index (χ1n) is 6.19. The molecule has 1 aliphatic rings. The molecule has 106 valence electrons. The number of rotatable bonds is 2. The van der Waals surface area contributed by atoms with Crippen LogP contribution in [0.5, 0.6) is 0 Å². The van der Waals surface area contributed by atoms with Gasteiger partial charge in [-0.1, -0.05) is 12.2 Å². The van der Waals surface area contributed by atoms with E-state index in [-0.39, 0.29) is 17.7 Å². The number of aliphatic hydroxyl groups is 3. The first-order valence-corrected chi connectivity index (χ1v) is 6.19. The summed E-state index contributed by atoms with van der Waals surface area (Å²) in [4.78, 5) is 22.0. The van der Waals surface area contributed by atoms with Crippen molar-refractivity contribution < 1.29 is 15.3 Å². The van der Waals surface area contributed by atoms with E-state index < -0.39 is 24.2 Å². The number of imidazole rings is 1. The van der Waals surface area contributed by atoms with Crippen LogP contribution in [0.2, 0.25) is 0 Å². The summed E-state index contributed by atoms with van der Waals surface area (Å²) in [6.45, 7) is -0.246. The molecule has 0 saturated heterocycles. The van der Waals surface area contributed by atoms with Gasteiger partial charge >= 0.3 is 0 Å². The van der Waals surface area contributed by atoms with Gasteiger partial charge in [0.15, 0.2) is 11.2 Å². The van der Waals surface area contributed by atoms with Crippen molar-refractivity contribution in [2.75, 3.05) is 6.61 Å². The van der Waals surface area contributed by atoms with Crippen LogP contribution in [0.25, 0.3) is 11.2 Å². The monoisotopic (exact) mass is 278 g/mol. The first-order chi connectivity index (χ1) is 9.63. The molecule has 0 spiro atoms. The van der Waals surface area contributed by atoms with Gasteiger partial charge in [-0.3, -0.25) is 4.79 Å². The predicted molar refractivity (Wildman–Crippen MR) is 68.9 cm³/mol. The zero-order chi connectivity index (χ0) is 14.3. The maximum atomic E-state index is 11.6. The molecular formula is C12H14N4O4. The zero-order valence-electron chi connectivity index (χ0n) is 10.4. The van der Waals surface area contributed by atoms with Gasteiger partial charge in [-0.15, -0.1) is 0 Å². The molecular weight excluding hydrogens is 264 g/mol. The van der Waals surface area contributed by atoms with Crippen LogP contribution in [-0.2, 0) is 0 Å². The van der Waals surface area contributed by atoms with Crippen LogP contribution >= 0.6 is 0 Å². The molecule has 0 bridgehead atoms. The highest BCUT2D eigenvalue weighted by Gasteiger charge is 2.35. The maximum Gasteiger partial charge on any atom is 0.278 e. The van der Waals surface area contributed by atoms with Crippen molar-refractivity contribution in [2.45, 2.75) is 18.2 Å². The molecule has 1 aliphatic carbocycles. The average molecular weight is 278 g/mol. The quantitative estimate of drug-likeness (QED) is 0.499. The number of hydrogen-bond donors (Lipinski definition) is 4. The van der Waals surface area contributed by atoms with E-state index >= 15 is 0 Å². The largest absolute Gasteiger partial charge is 0.396 e. The maximum absolute atomic E-state index is 11.6. The van der Waals surface area contributed by atoms with Crippen molar-refractivity contribution in [1.29, 1.82) is 0 Å². The molecule has 0 fully saturated rings. The van der Waals surface area contributed by atoms with Gasteiger partial charge in [0, 0.05) is 5.92 Å². The summed E-state index contributed by atoms with van der Waals surface area (Å²) >= 11 is 0. The van der Waals surface area contributed by atoms with Crippen LogP contribution in [0.1, 0.15) is 6.04 Å². The molecule has 3 rings (SSSR count). The Morgan fingerprint density at radius 1 is 1.25 bits per heavy atom. The van der Waals surface area contributed by atoms with Gasteiger partial charge in [0.2, 0.25) is 0 Å². The van der Waals surface area contributed by atoms with E-state index in [9.17, 15) is 15.0 Å². The number of nitrogens with zero attached hydrogens (tertiary/aromatic N) is 3. The molecule has 0 aliphatic heterocycles. The summed E-state index contributed by atoms with van der Waals surface area (Å²) in [6.07, 6.45) is 3.76. The Balaban J connectivity index is 2.08. The normalized spacial score (nSPS) is 29.9. The fourth-order valence-electron chi connectivity index (χ4n) is 2.45. The number of aromatic nitrogens is 4. The Morgan fingerprint density at radius 3 is 2.80 bits per heavy atom. The fraction of sp³-hybridized carbons (Fsp3) is 0.417. The lowest BCUT2D eigenvalue weighted by Gasteiger charge is -2.33. The third-order valence-electron chi connectivity index (χ3n) is 3.59. The highest BCUT2D eigenvalue weighted by Crippen LogP contribution is 2.28. The van der Waals surface area contributed by atoms with E-state index in [1.54, 1.807) is 12.2 Å². The molecule has 0 radical (unpaired) electrons. The SMILES string of the molecule is O=c1[nH]cnc2c1ncn2[C@@H]1C=C[C@H](CO)[C@@H](O)[C@H]1O. The highest BCUT2D eigenvalue weighted by atomic mass is 16.3. The minimum atomic E-state index is -1.12. The standard InChI is InChI=1S/C12H14N4O4/c17-3-6-1-2-7(10(19)9(6)18)16-5-15-8-11(16)13-4-14-12(8)20/h1-2,4-7,9-10,17-19H,3H2,(H,13,14,20)/t6-,7-,9-,10+/m1/s1. The van der Waals surface area contributed by atoms with Gasteiger partial charge in [-0.25, -0.2) is 9.97 Å². The third-order valence-corrected chi connectivity index (χ3v) is 3.59. The van der Waals surface area contributed by atoms with Crippen LogP contribution in [0.4, 0.5) is 0 Å². The van der Waals surface area contributed by atoms with Crippen molar-refractivity contribution in [2.24, 2.45) is 5.92 Å². The molecule has 8 nitrogen and oxygen atoms in total. The van der Waals surface area contributed by atoms with E-state index in [1.807, 2.05) is 0 Å². The molecule has 0 saturated carbocycles. The Labute approximate surface area is 113 Å². The molecule has 0 aromatic carbocycles. The predicted octanol–water partition coefficient (Wildman–Crippen LogP) is -1.44. The minimum absolute atomic E-state index is 0.173. The minimum Gasteiger partial charge on any atom is -0.396 e. The molecule has 20 heavy (non-hydrogen) atoms. The molecule has 8 heteroatoms. The first kappa shape index (κ1) is 13.0. The van der Waals surface area contributed by atoms with Crippen molar-refractivity contribution in [1.82, 2.24) is 19.5 Å². The molecule has 4 N–H and O–H groups in total. The van der Waals surface area contributed by atoms with Crippen LogP contribution in [0.3, 0.4) is 0 Å². The van der Waals surface area contributed by atoms with Crippen molar-refractivity contribution >= 4 is 11.2 Å². The summed E-state index contributed by atoms with van der Waals surface area (Å²) in [5.74, 6) is -0.507. The Hall–Kier alpha value is -2.03. The average Bonchev–Trinajstić information content (AvgIpc) is 2.87. The van der Waals surface area contributed by atoms with E-state index in [1.165, 1.54) is 17.2 Å². The van der Waals surface area contributed by atoms with Crippen LogP contribution in [0, 0.1) is 5.92 Å². The molecule has 0 amide bonds. The smallest absolute Gasteiger partial charge is 0.278 e. The topological polar surface area (TPSA) is 124 Å². The van der Waals surface area contributed by atoms with Gasteiger partial charge in [-0.2, -0.15) is 0 Å². The zero-order valence-corrected chi connectivity index (χ0v) is 10.4. The van der Waals surface area contributed by atoms with Gasteiger partial charge in [0.25, 0.3) is 5.56 Å². The van der Waals surface area contributed by atoms with Crippen LogP contribution in [-0.4, -0.2) is 53.7 Å². The summed E-state index contributed by atoms with van der Waals surface area (Å²) in [7, 11) is 0. The fourth-order valence-corrected chi connectivity index (χ4v) is 2.45. The highest BCUT2D eigenvalue weighted by molar-refractivity contribution is 5.69. The number of hydrogen-bond acceptors (Lipinski definition) is 6. The number of aromatic amines is 1. The Kier molecular flexibility index (Phi) is 3.13. The second-order valence-corrected chi connectivity index (χ2v) is 4.76. The van der Waals surface area contributed by atoms with Crippen molar-refractivity contribution in [3.63, 3.8) is 0 Å². The molecule has 2 heterocycles. The van der Waals surface area contributed by atoms with Crippen molar-refractivity contribution in [3.05, 3.63) is 35.2 Å². The van der Waals surface area contributed by atoms with Gasteiger partial charge in [0.1, 0.15) is 6.10 Å². The summed E-state index contributed by atoms with van der Waals surface area (Å²) in [5.41, 5.74) is 0.140. The van der Waals surface area contributed by atoms with Crippen LogP contribution in [0.15, 0.2) is 29.6 Å². The number of nitrogens with one attached hydrogen (secondary N) is 1. The number of fused-ring (bicyclic) bond motifs is 1. The lowest BCUT2D eigenvalue weighted by atomic mass is 9.88. The van der Waals surface area contributed by atoms with E-state index in [0.717, 1.165) is 0 Å². The van der Waals surface area contributed by atoms with E-state index in [2.05, 4.69) is 15.0 Å². The van der Waals surface area contributed by atoms with Gasteiger partial charge in [0.05, 0.1) is 31.4 Å². The molecule has 0 unspecified atom stereocenters. The summed E-state index contributed by atoms with van der Waals surface area (Å²) in [6, 6.07) is -0.591. The summed E-state index contributed by atoms with van der Waals surface area (Å²) in [5, 5.41) is 29.2. The lowest BCUT2D eigenvalue weighted by Crippen LogP contribution is -2.42. The molecule has 2 aromatic heterocycles. The molecule has 4 atom stereocenters. The Morgan fingerprint density at radius 2 is 2.05 bits per heavy atom. The number of H-pyrrole nitrogens is 1. The summed E-state index contributed by atoms with van der Waals surface area (Å²) < 4.78 is 1.53. The third kappa shape index (κ3) is 1.85. The second-order valence-electron chi connectivity index (χ2n) is 4.76. The van der Waals surface area contributed by atoms with Gasteiger partial charge < -0.3 is 24.9 Å². The number of aliphatic hydroxyl groups excluding tert-OH is 3. The lowest BCUT2D eigenvalue weighted by molar-refractivity contribution is -0.0414. The Bertz CT molecular complexity index is 707. The van der Waals surface area contributed by atoms with E-state index in [4.69, 9.17) is 5.11 Å². The molecule has 2 aromatic rings. The second kappa shape index (κ2) is 4.82.